The number of halogens is 2. The summed E-state index contributed by atoms with van der Waals surface area (Å²) in [7, 11) is 0. The van der Waals surface area contributed by atoms with Crippen molar-refractivity contribution in [3.05, 3.63) is 69.2 Å². The van der Waals surface area contributed by atoms with Crippen molar-refractivity contribution in [1.82, 2.24) is 4.90 Å². The number of aryl methyl sites for hydroxylation is 1. The molecular formula is C22H23Cl2NO4. The Bertz CT molecular complexity index is 900. The molecule has 5 nitrogen and oxygen atoms in total. The third-order valence-electron chi connectivity index (χ3n) is 5.19. The number of carbonyl (C=O) groups excluding carboxylic acids is 1. The van der Waals surface area contributed by atoms with Crippen molar-refractivity contribution >= 4 is 35.1 Å². The summed E-state index contributed by atoms with van der Waals surface area (Å²) in [5.41, 5.74) is 2.55. The van der Waals surface area contributed by atoms with Crippen LogP contribution in [0.3, 0.4) is 0 Å². The minimum atomic E-state index is -1.02. The maximum absolute atomic E-state index is 12.9. The third-order valence-corrected chi connectivity index (χ3v) is 5.68. The number of carbonyl (C=O) groups is 2. The first kappa shape index (κ1) is 21.6. The number of morpholine rings is 1. The molecule has 0 aliphatic carbocycles. The minimum absolute atomic E-state index is 0.176. The highest BCUT2D eigenvalue weighted by Gasteiger charge is 2.44. The summed E-state index contributed by atoms with van der Waals surface area (Å²) in [6.45, 7) is 3.65. The summed E-state index contributed by atoms with van der Waals surface area (Å²) in [6.07, 6.45) is 0.474. The van der Waals surface area contributed by atoms with E-state index in [1.807, 2.05) is 38.1 Å². The summed E-state index contributed by atoms with van der Waals surface area (Å²) >= 11 is 12.2. The molecule has 3 atom stereocenters. The van der Waals surface area contributed by atoms with Gasteiger partial charge in [-0.2, -0.15) is 0 Å². The molecule has 1 heterocycles. The molecular weight excluding hydrogens is 413 g/mol. The van der Waals surface area contributed by atoms with Gasteiger partial charge in [0.15, 0.2) is 0 Å². The van der Waals surface area contributed by atoms with Crippen LogP contribution in [0.2, 0.25) is 10.0 Å². The lowest BCUT2D eigenvalue weighted by Gasteiger charge is -2.44. The topological polar surface area (TPSA) is 66.8 Å². The van der Waals surface area contributed by atoms with Gasteiger partial charge in [0.05, 0.1) is 6.04 Å². The molecule has 0 aromatic heterocycles. The number of hydrogen-bond acceptors (Lipinski definition) is 3. The van der Waals surface area contributed by atoms with Gasteiger partial charge in [-0.15, -0.1) is 0 Å². The molecule has 1 aliphatic rings. The van der Waals surface area contributed by atoms with Crippen molar-refractivity contribution in [3.63, 3.8) is 0 Å². The Morgan fingerprint density at radius 3 is 2.45 bits per heavy atom. The number of carboxylic acid groups (broad SMARTS) is 1. The second kappa shape index (κ2) is 9.16. The maximum Gasteiger partial charge on any atom is 0.326 e. The van der Waals surface area contributed by atoms with Crippen LogP contribution in [-0.4, -0.2) is 34.5 Å². The summed E-state index contributed by atoms with van der Waals surface area (Å²) in [6, 6.07) is 11.0. The number of hydrogen-bond donors (Lipinski definition) is 1. The first-order chi connectivity index (χ1) is 13.8. The largest absolute Gasteiger partial charge is 0.480 e. The molecule has 1 saturated heterocycles. The fourth-order valence-electron chi connectivity index (χ4n) is 3.86. The van der Waals surface area contributed by atoms with Crippen molar-refractivity contribution in [1.29, 1.82) is 0 Å². The number of amides is 1. The average molecular weight is 436 g/mol. The van der Waals surface area contributed by atoms with Crippen LogP contribution in [0.5, 0.6) is 0 Å². The van der Waals surface area contributed by atoms with Crippen LogP contribution in [-0.2, 0) is 14.3 Å². The van der Waals surface area contributed by atoms with E-state index in [9.17, 15) is 14.7 Å². The zero-order valence-electron chi connectivity index (χ0n) is 16.3. The van der Waals surface area contributed by atoms with Gasteiger partial charge in [-0.3, -0.25) is 4.79 Å². The van der Waals surface area contributed by atoms with Gasteiger partial charge >= 0.3 is 5.97 Å². The van der Waals surface area contributed by atoms with Crippen LogP contribution >= 0.6 is 23.2 Å². The SMILES string of the molecule is CCC[C@H](C(=O)O)N1C(=O)CO[C@@H](c2ccc(Cl)cc2C)[C@H]1c1ccc(Cl)cc1. The number of rotatable bonds is 6. The molecule has 0 unspecified atom stereocenters. The summed E-state index contributed by atoms with van der Waals surface area (Å²) in [5, 5.41) is 11.0. The zero-order valence-corrected chi connectivity index (χ0v) is 17.8. The van der Waals surface area contributed by atoms with Gasteiger partial charge in [-0.1, -0.05) is 54.7 Å². The molecule has 0 radical (unpaired) electrons. The molecule has 0 saturated carbocycles. The standard InChI is InChI=1S/C22H23Cl2NO4/c1-3-4-18(22(27)28)25-19(26)12-29-21(17-10-9-16(24)11-13(17)2)20(25)14-5-7-15(23)8-6-14/h5-11,18,20-21H,3-4,12H2,1-2H3,(H,27,28)/t18-,20-,21+/m1/s1. The Balaban J connectivity index is 2.15. The minimum Gasteiger partial charge on any atom is -0.480 e. The highest BCUT2D eigenvalue weighted by molar-refractivity contribution is 6.30. The number of nitrogens with zero attached hydrogens (tertiary/aromatic N) is 1. The number of benzene rings is 2. The number of aliphatic carboxylic acids is 1. The van der Waals surface area contributed by atoms with E-state index in [4.69, 9.17) is 27.9 Å². The van der Waals surface area contributed by atoms with Crippen molar-refractivity contribution in [3.8, 4) is 0 Å². The third kappa shape index (κ3) is 4.58. The predicted octanol–water partition coefficient (Wildman–Crippen LogP) is 5.20. The fraction of sp³-hybridized carbons (Fsp3) is 0.364. The average Bonchev–Trinajstić information content (AvgIpc) is 2.67. The smallest absolute Gasteiger partial charge is 0.326 e. The molecule has 1 fully saturated rings. The number of ether oxygens (including phenoxy) is 1. The van der Waals surface area contributed by atoms with Gasteiger partial charge in [0.2, 0.25) is 5.91 Å². The van der Waals surface area contributed by atoms with E-state index < -0.39 is 24.2 Å². The Labute approximate surface area is 180 Å². The van der Waals surface area contributed by atoms with E-state index >= 15 is 0 Å². The maximum atomic E-state index is 12.9. The van der Waals surface area contributed by atoms with Gasteiger partial charge < -0.3 is 14.7 Å². The van der Waals surface area contributed by atoms with Crippen molar-refractivity contribution in [2.75, 3.05) is 6.61 Å². The van der Waals surface area contributed by atoms with Crippen molar-refractivity contribution < 1.29 is 19.4 Å². The van der Waals surface area contributed by atoms with E-state index in [1.54, 1.807) is 18.2 Å². The second-order valence-corrected chi connectivity index (χ2v) is 8.05. The second-order valence-electron chi connectivity index (χ2n) is 7.17. The summed E-state index contributed by atoms with van der Waals surface area (Å²) in [4.78, 5) is 26.4. The molecule has 2 aromatic carbocycles. The zero-order chi connectivity index (χ0) is 21.1. The Morgan fingerprint density at radius 1 is 1.21 bits per heavy atom. The molecule has 0 bridgehead atoms. The van der Waals surface area contributed by atoms with Crippen LogP contribution in [0.4, 0.5) is 0 Å². The van der Waals surface area contributed by atoms with E-state index in [0.717, 1.165) is 16.7 Å². The highest BCUT2D eigenvalue weighted by Crippen LogP contribution is 2.43. The fourth-order valence-corrected chi connectivity index (χ4v) is 4.22. The Hall–Kier alpha value is -2.08. The monoisotopic (exact) mass is 435 g/mol. The number of carboxylic acids is 1. The Morgan fingerprint density at radius 2 is 1.86 bits per heavy atom. The van der Waals surface area contributed by atoms with Gasteiger partial charge in [0.25, 0.3) is 0 Å². The molecule has 3 rings (SSSR count). The molecule has 2 aromatic rings. The predicted molar refractivity (Wildman–Crippen MR) is 112 cm³/mol. The van der Waals surface area contributed by atoms with Crippen molar-refractivity contribution in [2.24, 2.45) is 0 Å². The first-order valence-electron chi connectivity index (χ1n) is 9.50. The molecule has 0 spiro atoms. The molecule has 1 N–H and O–H groups in total. The molecule has 1 amide bonds. The Kier molecular flexibility index (Phi) is 6.83. The molecule has 7 heteroatoms. The normalized spacial score (nSPS) is 20.6. The summed E-state index contributed by atoms with van der Waals surface area (Å²) < 4.78 is 5.97. The van der Waals surface area contributed by atoms with Crippen LogP contribution in [0.1, 0.15) is 48.6 Å². The summed E-state index contributed by atoms with van der Waals surface area (Å²) in [5.74, 6) is -1.36. The van der Waals surface area contributed by atoms with Gasteiger partial charge in [-0.25, -0.2) is 4.79 Å². The van der Waals surface area contributed by atoms with Crippen LogP contribution < -0.4 is 0 Å². The molecule has 29 heavy (non-hydrogen) atoms. The van der Waals surface area contributed by atoms with E-state index in [-0.39, 0.29) is 12.5 Å². The van der Waals surface area contributed by atoms with E-state index in [0.29, 0.717) is 22.9 Å². The van der Waals surface area contributed by atoms with E-state index in [2.05, 4.69) is 0 Å². The first-order valence-corrected chi connectivity index (χ1v) is 10.3. The lowest BCUT2D eigenvalue weighted by atomic mass is 9.89. The van der Waals surface area contributed by atoms with Crippen LogP contribution in [0, 0.1) is 6.92 Å². The van der Waals surface area contributed by atoms with Crippen molar-refractivity contribution in [2.45, 2.75) is 44.9 Å². The highest BCUT2D eigenvalue weighted by atomic mass is 35.5. The molecule has 1 aliphatic heterocycles. The van der Waals surface area contributed by atoms with E-state index in [1.165, 1.54) is 4.90 Å². The van der Waals surface area contributed by atoms with Gasteiger partial charge in [0, 0.05) is 10.0 Å². The molecule has 154 valence electrons. The quantitative estimate of drug-likeness (QED) is 0.676. The van der Waals surface area contributed by atoms with Crippen LogP contribution in [0.15, 0.2) is 42.5 Å². The van der Waals surface area contributed by atoms with Crippen LogP contribution in [0.25, 0.3) is 0 Å². The van der Waals surface area contributed by atoms with Gasteiger partial charge in [-0.05, 0) is 54.3 Å². The lowest BCUT2D eigenvalue weighted by molar-refractivity contribution is -0.171. The lowest BCUT2D eigenvalue weighted by Crippen LogP contribution is -2.53. The van der Waals surface area contributed by atoms with Gasteiger partial charge in [0.1, 0.15) is 18.8 Å².